The van der Waals surface area contributed by atoms with Crippen molar-refractivity contribution in [1.29, 1.82) is 0 Å². The summed E-state index contributed by atoms with van der Waals surface area (Å²) < 4.78 is 0. The Bertz CT molecular complexity index is 1170. The number of aromatic nitrogens is 2. The number of benzene rings is 1. The summed E-state index contributed by atoms with van der Waals surface area (Å²) in [7, 11) is 0. The first-order chi connectivity index (χ1) is 15.3. The summed E-state index contributed by atoms with van der Waals surface area (Å²) in [4.78, 5) is 23.2. The molecule has 0 aliphatic carbocycles. The lowest BCUT2D eigenvalue weighted by Gasteiger charge is -2.51. The van der Waals surface area contributed by atoms with Crippen LogP contribution in [0.4, 0.5) is 0 Å². The quantitative estimate of drug-likeness (QED) is 0.688. The van der Waals surface area contributed by atoms with E-state index in [4.69, 9.17) is 0 Å². The van der Waals surface area contributed by atoms with Gasteiger partial charge in [0, 0.05) is 42.1 Å². The number of hydrogen-bond acceptors (Lipinski definition) is 5. The van der Waals surface area contributed by atoms with Crippen LogP contribution in [0.25, 0.3) is 10.9 Å². The first kappa shape index (κ1) is 18.6. The average molecular weight is 412 g/mol. The molecule has 2 bridgehead atoms. The van der Waals surface area contributed by atoms with Gasteiger partial charge in [-0.05, 0) is 79.0 Å². The van der Waals surface area contributed by atoms with Crippen LogP contribution in [0.2, 0.25) is 0 Å². The number of hydrogen-bond donors (Lipinski definition) is 1. The van der Waals surface area contributed by atoms with E-state index < -0.39 is 6.04 Å². The standard InChI is InChI=1S/C25H25N5O/c31-23-14-21(28-29-25(23)19-3-4-20-18(13-19)5-9-27-20)24-17-6-10-30(11-7-17)22(24)12-16-2-1-8-26-15-16/h1-5,8-9,13-15,17,22,24-25,27H,6-7,10-12H2/t22-,24?,25-/m0/s1. The number of carbonyl (C=O) groups excluding carboxylic acids is 1. The molecule has 3 fully saturated rings. The average Bonchev–Trinajstić information content (AvgIpc) is 3.28. The minimum Gasteiger partial charge on any atom is -0.361 e. The van der Waals surface area contributed by atoms with Gasteiger partial charge in [0.15, 0.2) is 11.8 Å². The summed E-state index contributed by atoms with van der Waals surface area (Å²) in [5.41, 5.74) is 4.07. The second-order valence-electron chi connectivity index (χ2n) is 8.95. The van der Waals surface area contributed by atoms with Crippen molar-refractivity contribution in [2.45, 2.75) is 31.3 Å². The van der Waals surface area contributed by atoms with Gasteiger partial charge < -0.3 is 4.98 Å². The molecule has 0 amide bonds. The van der Waals surface area contributed by atoms with Crippen molar-refractivity contribution in [3.63, 3.8) is 0 Å². The van der Waals surface area contributed by atoms with E-state index in [1.165, 1.54) is 18.4 Å². The van der Waals surface area contributed by atoms with Crippen molar-refractivity contribution >= 4 is 16.7 Å². The van der Waals surface area contributed by atoms with Crippen molar-refractivity contribution in [2.24, 2.45) is 22.1 Å². The predicted molar refractivity (Wildman–Crippen MR) is 119 cm³/mol. The molecule has 0 saturated carbocycles. The SMILES string of the molecule is O=C1C=C(C2C3CCN(CC3)[C@H]2Cc2cccnc2)N=N[C@H]1c1ccc2[nH]ccc2c1. The number of nitrogens with zero attached hydrogens (tertiary/aromatic N) is 4. The lowest BCUT2D eigenvalue weighted by Crippen LogP contribution is -2.56. The number of carbonyl (C=O) groups is 1. The van der Waals surface area contributed by atoms with Crippen molar-refractivity contribution < 1.29 is 4.79 Å². The number of nitrogens with one attached hydrogen (secondary N) is 1. The van der Waals surface area contributed by atoms with Crippen LogP contribution in [0.3, 0.4) is 0 Å². The van der Waals surface area contributed by atoms with Crippen LogP contribution in [-0.2, 0) is 11.2 Å². The van der Waals surface area contributed by atoms with Gasteiger partial charge in [-0.3, -0.25) is 14.7 Å². The van der Waals surface area contributed by atoms with Gasteiger partial charge in [0.05, 0.1) is 5.70 Å². The molecule has 156 valence electrons. The molecule has 7 rings (SSSR count). The molecule has 31 heavy (non-hydrogen) atoms. The summed E-state index contributed by atoms with van der Waals surface area (Å²) in [6.45, 7) is 2.26. The van der Waals surface area contributed by atoms with Crippen LogP contribution in [0, 0.1) is 11.8 Å². The predicted octanol–water partition coefficient (Wildman–Crippen LogP) is 4.48. The summed E-state index contributed by atoms with van der Waals surface area (Å²) in [6.07, 6.45) is 10.7. The van der Waals surface area contributed by atoms with Gasteiger partial charge >= 0.3 is 0 Å². The van der Waals surface area contributed by atoms with E-state index in [0.29, 0.717) is 12.0 Å². The monoisotopic (exact) mass is 411 g/mol. The van der Waals surface area contributed by atoms with Crippen molar-refractivity contribution in [3.05, 3.63) is 77.9 Å². The van der Waals surface area contributed by atoms with E-state index in [0.717, 1.165) is 41.7 Å². The van der Waals surface area contributed by atoms with Crippen LogP contribution in [0.1, 0.15) is 30.0 Å². The highest BCUT2D eigenvalue weighted by Crippen LogP contribution is 2.44. The van der Waals surface area contributed by atoms with E-state index in [-0.39, 0.29) is 11.7 Å². The van der Waals surface area contributed by atoms with E-state index in [1.807, 2.05) is 48.9 Å². The first-order valence-corrected chi connectivity index (χ1v) is 11.1. The highest BCUT2D eigenvalue weighted by molar-refractivity contribution is 5.97. The molecule has 6 nitrogen and oxygen atoms in total. The largest absolute Gasteiger partial charge is 0.361 e. The van der Waals surface area contributed by atoms with Crippen molar-refractivity contribution in [1.82, 2.24) is 14.9 Å². The van der Waals surface area contributed by atoms with Gasteiger partial charge in [0.25, 0.3) is 0 Å². The molecule has 2 aromatic heterocycles. The van der Waals surface area contributed by atoms with Gasteiger partial charge in [-0.1, -0.05) is 12.1 Å². The maximum Gasteiger partial charge on any atom is 0.188 e. The molecule has 3 atom stereocenters. The third-order valence-electron chi connectivity index (χ3n) is 7.22. The smallest absolute Gasteiger partial charge is 0.188 e. The lowest BCUT2D eigenvalue weighted by molar-refractivity contribution is -0.116. The Labute approximate surface area is 181 Å². The van der Waals surface area contributed by atoms with Crippen LogP contribution < -0.4 is 0 Å². The Morgan fingerprint density at radius 3 is 2.84 bits per heavy atom. The topological polar surface area (TPSA) is 73.7 Å². The number of ketones is 1. The van der Waals surface area contributed by atoms with Crippen molar-refractivity contribution in [2.75, 3.05) is 13.1 Å². The zero-order valence-electron chi connectivity index (χ0n) is 17.3. The number of fused-ring (bicyclic) bond motifs is 4. The molecule has 4 aliphatic rings. The van der Waals surface area contributed by atoms with E-state index in [2.05, 4.69) is 31.2 Å². The summed E-state index contributed by atoms with van der Waals surface area (Å²) >= 11 is 0. The highest BCUT2D eigenvalue weighted by Gasteiger charge is 2.45. The molecule has 1 N–H and O–H groups in total. The normalized spacial score (nSPS) is 30.0. The number of H-pyrrole nitrogens is 1. The number of pyridine rings is 1. The Balaban J connectivity index is 1.28. The molecular formula is C25H25N5O. The van der Waals surface area contributed by atoms with E-state index in [1.54, 1.807) is 6.08 Å². The third kappa shape index (κ3) is 3.31. The van der Waals surface area contributed by atoms with Crippen LogP contribution in [-0.4, -0.2) is 39.8 Å². The fourth-order valence-electron chi connectivity index (χ4n) is 5.68. The molecule has 6 heteroatoms. The Kier molecular flexibility index (Phi) is 4.53. The maximum absolute atomic E-state index is 13.1. The first-order valence-electron chi connectivity index (χ1n) is 11.1. The molecule has 3 saturated heterocycles. The van der Waals surface area contributed by atoms with Gasteiger partial charge in [-0.2, -0.15) is 10.2 Å². The fraction of sp³-hybridized carbons (Fsp3) is 0.360. The molecular weight excluding hydrogens is 386 g/mol. The molecule has 1 aromatic carbocycles. The minimum absolute atomic E-state index is 0.0384. The molecule has 0 radical (unpaired) electrons. The number of rotatable bonds is 4. The van der Waals surface area contributed by atoms with E-state index in [9.17, 15) is 4.79 Å². The van der Waals surface area contributed by atoms with Crippen LogP contribution in [0.15, 0.2) is 77.0 Å². The molecule has 4 aliphatic heterocycles. The second-order valence-corrected chi connectivity index (χ2v) is 8.95. The molecule has 6 heterocycles. The maximum atomic E-state index is 13.1. The minimum atomic E-state index is -0.541. The zero-order valence-corrected chi connectivity index (χ0v) is 17.3. The fourth-order valence-corrected chi connectivity index (χ4v) is 5.68. The van der Waals surface area contributed by atoms with Gasteiger partial charge in [-0.15, -0.1) is 0 Å². The number of piperidine rings is 3. The second kappa shape index (κ2) is 7.54. The van der Waals surface area contributed by atoms with E-state index >= 15 is 0 Å². The Morgan fingerprint density at radius 1 is 1.13 bits per heavy atom. The zero-order chi connectivity index (χ0) is 20.8. The van der Waals surface area contributed by atoms with Gasteiger partial charge in [-0.25, -0.2) is 0 Å². The molecule has 1 unspecified atom stereocenters. The van der Waals surface area contributed by atoms with Crippen LogP contribution in [0.5, 0.6) is 0 Å². The summed E-state index contributed by atoms with van der Waals surface area (Å²) in [5.74, 6) is 0.859. The summed E-state index contributed by atoms with van der Waals surface area (Å²) in [6, 6.07) is 12.0. The Hall–Kier alpha value is -3.12. The molecule has 3 aromatic rings. The van der Waals surface area contributed by atoms with Crippen molar-refractivity contribution in [3.8, 4) is 0 Å². The number of aromatic amines is 1. The summed E-state index contributed by atoms with van der Waals surface area (Å²) in [5, 5.41) is 10.3. The van der Waals surface area contributed by atoms with Crippen LogP contribution >= 0.6 is 0 Å². The highest BCUT2D eigenvalue weighted by atomic mass is 16.1. The Morgan fingerprint density at radius 2 is 2.03 bits per heavy atom. The van der Waals surface area contributed by atoms with Gasteiger partial charge in [0.2, 0.25) is 0 Å². The van der Waals surface area contributed by atoms with Gasteiger partial charge in [0.1, 0.15) is 0 Å². The third-order valence-corrected chi connectivity index (χ3v) is 7.22. The number of azo groups is 1. The lowest BCUT2D eigenvalue weighted by atomic mass is 9.70. The molecule has 0 spiro atoms.